The zero-order valence-corrected chi connectivity index (χ0v) is 24.0. The number of thiazole rings is 1. The molecule has 198 valence electrons. The molecular weight excluding hydrogens is 596 g/mol. The Bertz CT molecular complexity index is 1640. The van der Waals surface area contributed by atoms with Crippen molar-refractivity contribution in [2.24, 2.45) is 4.99 Å². The molecule has 1 atom stereocenters. The number of halogens is 2. The third-order valence-electron chi connectivity index (χ3n) is 6.16. The SMILES string of the molecule is CCCC1=C(C(=O)OCC)[C@@H](c2ccc(OC)c(Br)c2)n2c(s/c(=C\c3cc4c(cc3Cl)OCO4)c2=O)=N1. The molecule has 0 saturated heterocycles. The molecule has 0 spiro atoms. The zero-order valence-electron chi connectivity index (χ0n) is 20.9. The van der Waals surface area contributed by atoms with Crippen molar-refractivity contribution in [3.63, 3.8) is 0 Å². The van der Waals surface area contributed by atoms with Gasteiger partial charge in [-0.2, -0.15) is 0 Å². The molecule has 0 radical (unpaired) electrons. The first-order chi connectivity index (χ1) is 18.4. The van der Waals surface area contributed by atoms with Crippen LogP contribution >= 0.6 is 38.9 Å². The molecule has 3 heterocycles. The molecule has 2 aromatic carbocycles. The molecule has 1 aromatic heterocycles. The van der Waals surface area contributed by atoms with Crippen LogP contribution in [0.1, 0.15) is 43.9 Å². The van der Waals surface area contributed by atoms with Gasteiger partial charge in [-0.3, -0.25) is 9.36 Å². The smallest absolute Gasteiger partial charge is 0.338 e. The topological polar surface area (TPSA) is 88.4 Å². The molecule has 0 N–H and O–H groups in total. The number of benzene rings is 2. The molecule has 5 rings (SSSR count). The predicted molar refractivity (Wildman–Crippen MR) is 148 cm³/mol. The molecule has 11 heteroatoms. The van der Waals surface area contributed by atoms with Crippen LogP contribution < -0.4 is 29.1 Å². The zero-order chi connectivity index (χ0) is 27.0. The van der Waals surface area contributed by atoms with Gasteiger partial charge in [0.15, 0.2) is 16.3 Å². The predicted octanol–water partition coefficient (Wildman–Crippen LogP) is 4.73. The van der Waals surface area contributed by atoms with Crippen molar-refractivity contribution < 1.29 is 23.7 Å². The molecule has 3 aromatic rings. The molecule has 0 unspecified atom stereocenters. The summed E-state index contributed by atoms with van der Waals surface area (Å²) in [5.41, 5.74) is 2.00. The van der Waals surface area contributed by atoms with E-state index in [1.807, 2.05) is 19.1 Å². The van der Waals surface area contributed by atoms with Crippen molar-refractivity contribution in [2.75, 3.05) is 20.5 Å². The molecule has 0 bridgehead atoms. The lowest BCUT2D eigenvalue weighted by Gasteiger charge is -2.26. The van der Waals surface area contributed by atoms with Gasteiger partial charge in [-0.1, -0.05) is 42.3 Å². The van der Waals surface area contributed by atoms with Gasteiger partial charge in [0.05, 0.1) is 45.1 Å². The highest BCUT2D eigenvalue weighted by molar-refractivity contribution is 9.10. The number of carbonyl (C=O) groups is 1. The number of esters is 1. The van der Waals surface area contributed by atoms with E-state index in [0.29, 0.717) is 59.3 Å². The van der Waals surface area contributed by atoms with Crippen LogP contribution in [0.4, 0.5) is 0 Å². The average molecular weight is 620 g/mol. The third-order valence-corrected chi connectivity index (χ3v) is 8.09. The summed E-state index contributed by atoms with van der Waals surface area (Å²) in [6, 6.07) is 8.17. The van der Waals surface area contributed by atoms with Crippen molar-refractivity contribution in [1.82, 2.24) is 4.57 Å². The van der Waals surface area contributed by atoms with Crippen LogP contribution in [-0.2, 0) is 9.53 Å². The van der Waals surface area contributed by atoms with Crippen molar-refractivity contribution in [3.8, 4) is 17.2 Å². The highest BCUT2D eigenvalue weighted by Gasteiger charge is 2.34. The van der Waals surface area contributed by atoms with Crippen LogP contribution in [0.2, 0.25) is 5.02 Å². The third kappa shape index (κ3) is 4.76. The Morgan fingerprint density at radius 2 is 2.03 bits per heavy atom. The maximum absolute atomic E-state index is 13.9. The summed E-state index contributed by atoms with van der Waals surface area (Å²) in [5, 5.41) is 0.426. The van der Waals surface area contributed by atoms with E-state index in [9.17, 15) is 9.59 Å². The molecule has 0 fully saturated rings. The van der Waals surface area contributed by atoms with Crippen molar-refractivity contribution in [2.45, 2.75) is 32.7 Å². The molecule has 8 nitrogen and oxygen atoms in total. The second-order valence-corrected chi connectivity index (χ2v) is 10.8. The van der Waals surface area contributed by atoms with Gasteiger partial charge in [-0.05, 0) is 64.7 Å². The molecule has 38 heavy (non-hydrogen) atoms. The van der Waals surface area contributed by atoms with Gasteiger partial charge in [0, 0.05) is 6.07 Å². The van der Waals surface area contributed by atoms with Crippen LogP contribution in [0, 0.1) is 0 Å². The number of aromatic nitrogens is 1. The highest BCUT2D eigenvalue weighted by atomic mass is 79.9. The van der Waals surface area contributed by atoms with Crippen molar-refractivity contribution >= 4 is 50.9 Å². The minimum absolute atomic E-state index is 0.117. The maximum Gasteiger partial charge on any atom is 0.338 e. The number of carbonyl (C=O) groups excluding carboxylic acids is 1. The molecular formula is C27H24BrClN2O6S. The van der Waals surface area contributed by atoms with Gasteiger partial charge in [0.1, 0.15) is 5.75 Å². The fourth-order valence-corrected chi connectivity index (χ4v) is 6.25. The van der Waals surface area contributed by atoms with Crippen LogP contribution in [-0.4, -0.2) is 31.0 Å². The van der Waals surface area contributed by atoms with Gasteiger partial charge >= 0.3 is 5.97 Å². The van der Waals surface area contributed by atoms with E-state index < -0.39 is 12.0 Å². The van der Waals surface area contributed by atoms with Gasteiger partial charge in [-0.15, -0.1) is 0 Å². The maximum atomic E-state index is 13.9. The quantitative estimate of drug-likeness (QED) is 0.356. The average Bonchev–Trinajstić information content (AvgIpc) is 3.47. The second-order valence-electron chi connectivity index (χ2n) is 8.53. The Kier molecular flexibility index (Phi) is 7.65. The number of fused-ring (bicyclic) bond motifs is 2. The summed E-state index contributed by atoms with van der Waals surface area (Å²) in [6.45, 7) is 4.09. The van der Waals surface area contributed by atoms with E-state index in [1.165, 1.54) is 11.3 Å². The summed E-state index contributed by atoms with van der Waals surface area (Å²) in [6.07, 6.45) is 3.03. The van der Waals surface area contributed by atoms with E-state index in [2.05, 4.69) is 15.9 Å². The number of nitrogens with zero attached hydrogens (tertiary/aromatic N) is 2. The molecule has 0 saturated carbocycles. The second kappa shape index (κ2) is 11.0. The first-order valence-electron chi connectivity index (χ1n) is 12.0. The van der Waals surface area contributed by atoms with E-state index in [1.54, 1.807) is 42.9 Å². The lowest BCUT2D eigenvalue weighted by molar-refractivity contribution is -0.139. The summed E-state index contributed by atoms with van der Waals surface area (Å²) >= 11 is 11.3. The van der Waals surface area contributed by atoms with E-state index in [0.717, 1.165) is 12.0 Å². The standard InChI is InChI=1S/C27H24BrClN2O6S/c1-4-6-18-23(26(33)35-5-2)24(14-7-8-19(34-3)16(28)9-14)31-25(32)22(38-27(31)30-18)11-15-10-20-21(12-17(15)29)37-13-36-20/h7-12,24H,4-6,13H2,1-3H3/b22-11-/t24-/m1/s1. The number of hydrogen-bond donors (Lipinski definition) is 0. The Labute approximate surface area is 235 Å². The fraction of sp³-hybridized carbons (Fsp3) is 0.296. The Balaban J connectivity index is 1.75. The molecule has 2 aliphatic rings. The Morgan fingerprint density at radius 1 is 1.26 bits per heavy atom. The number of allylic oxidation sites excluding steroid dienone is 1. The van der Waals surface area contributed by atoms with Crippen LogP contribution in [0.15, 0.2) is 55.9 Å². The molecule has 2 aliphatic heterocycles. The van der Waals surface area contributed by atoms with Gasteiger partial charge in [0.2, 0.25) is 6.79 Å². The summed E-state index contributed by atoms with van der Waals surface area (Å²) in [7, 11) is 1.58. The lowest BCUT2D eigenvalue weighted by Crippen LogP contribution is -2.40. The number of rotatable bonds is 7. The van der Waals surface area contributed by atoms with Crippen molar-refractivity contribution in [3.05, 3.63) is 81.9 Å². The monoisotopic (exact) mass is 618 g/mol. The van der Waals surface area contributed by atoms with E-state index in [-0.39, 0.29) is 19.0 Å². The van der Waals surface area contributed by atoms with Gasteiger partial charge in [-0.25, -0.2) is 9.79 Å². The summed E-state index contributed by atoms with van der Waals surface area (Å²) < 4.78 is 24.4. The van der Waals surface area contributed by atoms with E-state index in [4.69, 9.17) is 35.5 Å². The van der Waals surface area contributed by atoms with Crippen molar-refractivity contribution in [1.29, 1.82) is 0 Å². The summed E-state index contributed by atoms with van der Waals surface area (Å²) in [5.74, 6) is 1.25. The van der Waals surface area contributed by atoms with E-state index >= 15 is 0 Å². The number of hydrogen-bond acceptors (Lipinski definition) is 8. The highest BCUT2D eigenvalue weighted by Crippen LogP contribution is 2.38. The number of methoxy groups -OCH3 is 1. The number of ether oxygens (including phenoxy) is 4. The van der Waals surface area contributed by atoms with Gasteiger partial charge < -0.3 is 18.9 Å². The fourth-order valence-electron chi connectivity index (χ4n) is 4.47. The minimum Gasteiger partial charge on any atom is -0.496 e. The van der Waals surface area contributed by atoms with Crippen LogP contribution in [0.5, 0.6) is 17.2 Å². The normalized spacial score (nSPS) is 16.3. The first-order valence-corrected chi connectivity index (χ1v) is 14.0. The Morgan fingerprint density at radius 3 is 2.71 bits per heavy atom. The summed E-state index contributed by atoms with van der Waals surface area (Å²) in [4.78, 5) is 32.5. The molecule has 0 aliphatic carbocycles. The van der Waals surface area contributed by atoms with Gasteiger partial charge in [0.25, 0.3) is 5.56 Å². The van der Waals surface area contributed by atoms with Crippen LogP contribution in [0.25, 0.3) is 6.08 Å². The minimum atomic E-state index is -0.733. The largest absolute Gasteiger partial charge is 0.496 e. The Hall–Kier alpha value is -3.08. The van der Waals surface area contributed by atoms with Crippen LogP contribution in [0.3, 0.4) is 0 Å². The lowest BCUT2D eigenvalue weighted by atomic mass is 9.94. The molecule has 0 amide bonds. The first kappa shape index (κ1) is 26.5.